The van der Waals surface area contributed by atoms with Gasteiger partial charge in [-0.1, -0.05) is 11.8 Å². The van der Waals surface area contributed by atoms with Crippen LogP contribution in [0.15, 0.2) is 5.16 Å². The Bertz CT molecular complexity index is 387. The van der Waals surface area contributed by atoms with Crippen molar-refractivity contribution in [3.63, 3.8) is 0 Å². The first kappa shape index (κ1) is 13.9. The summed E-state index contributed by atoms with van der Waals surface area (Å²) in [6, 6.07) is 0. The van der Waals surface area contributed by atoms with Crippen molar-refractivity contribution >= 4 is 11.8 Å². The van der Waals surface area contributed by atoms with Gasteiger partial charge in [-0.15, -0.1) is 0 Å². The number of aromatic nitrogens is 2. The van der Waals surface area contributed by atoms with Crippen LogP contribution in [0, 0.1) is 13.8 Å². The topological polar surface area (TPSA) is 36.3 Å². The Hall–Kier alpha value is -0.520. The normalized spacial score (nSPS) is 19.6. The summed E-state index contributed by atoms with van der Waals surface area (Å²) in [7, 11) is 1.73. The molecule has 102 valence electrons. The zero-order valence-electron chi connectivity index (χ0n) is 11.4. The fourth-order valence-electron chi connectivity index (χ4n) is 2.16. The third-order valence-electron chi connectivity index (χ3n) is 3.35. The summed E-state index contributed by atoms with van der Waals surface area (Å²) in [5, 5.41) is 1.09. The predicted octanol–water partition coefficient (Wildman–Crippen LogP) is 2.42. The number of nitrogens with zero attached hydrogens (tertiary/aromatic N) is 2. The van der Waals surface area contributed by atoms with Crippen LogP contribution >= 0.6 is 11.8 Å². The zero-order chi connectivity index (χ0) is 13.0. The molecule has 0 bridgehead atoms. The predicted molar refractivity (Wildman–Crippen MR) is 73.3 cm³/mol. The van der Waals surface area contributed by atoms with E-state index in [4.69, 9.17) is 9.47 Å². The van der Waals surface area contributed by atoms with E-state index in [9.17, 15) is 0 Å². The lowest BCUT2D eigenvalue weighted by atomic mass is 10.2. The van der Waals surface area contributed by atoms with Crippen molar-refractivity contribution in [2.75, 3.05) is 26.1 Å². The Kier molecular flexibility index (Phi) is 5.09. The van der Waals surface area contributed by atoms with Gasteiger partial charge in [0.25, 0.3) is 0 Å². The first-order valence-electron chi connectivity index (χ1n) is 6.49. The number of rotatable bonds is 6. The van der Waals surface area contributed by atoms with Gasteiger partial charge >= 0.3 is 0 Å². The van der Waals surface area contributed by atoms with Crippen molar-refractivity contribution in [2.45, 2.75) is 44.5 Å². The van der Waals surface area contributed by atoms with Crippen LogP contribution in [0.1, 0.15) is 24.2 Å². The van der Waals surface area contributed by atoms with Crippen molar-refractivity contribution in [3.05, 3.63) is 11.4 Å². The number of thioether (sulfide) groups is 1. The number of ether oxygens (including phenoxy) is 2. The van der Waals surface area contributed by atoms with Gasteiger partial charge in [0.1, 0.15) is 0 Å². The largest absolute Gasteiger partial charge is 0.384 e. The molecule has 1 fully saturated rings. The highest BCUT2D eigenvalue weighted by molar-refractivity contribution is 7.99. The van der Waals surface area contributed by atoms with Crippen LogP contribution in [0.4, 0.5) is 0 Å². The third-order valence-corrected chi connectivity index (χ3v) is 4.29. The smallest absolute Gasteiger partial charge is 0.168 e. The first-order valence-corrected chi connectivity index (χ1v) is 7.48. The number of hydrogen-bond acceptors (Lipinski definition) is 4. The molecule has 1 aliphatic rings. The Balaban J connectivity index is 2.05. The summed E-state index contributed by atoms with van der Waals surface area (Å²) in [6.07, 6.45) is 2.71. The maximum atomic E-state index is 5.72. The molecule has 5 heteroatoms. The Labute approximate surface area is 113 Å². The maximum absolute atomic E-state index is 5.72. The number of imidazole rings is 1. The molecule has 0 aliphatic carbocycles. The lowest BCUT2D eigenvalue weighted by Gasteiger charge is -2.14. The minimum Gasteiger partial charge on any atom is -0.384 e. The molecule has 0 N–H and O–H groups in total. The molecule has 1 unspecified atom stereocenters. The molecular formula is C13H22N2O2S. The molecule has 0 amide bonds. The molecule has 1 saturated heterocycles. The van der Waals surface area contributed by atoms with Crippen LogP contribution in [0.2, 0.25) is 0 Å². The van der Waals surface area contributed by atoms with Crippen LogP contribution in [0.25, 0.3) is 0 Å². The molecule has 0 saturated carbocycles. The zero-order valence-corrected chi connectivity index (χ0v) is 12.3. The summed E-state index contributed by atoms with van der Waals surface area (Å²) in [4.78, 5) is 4.64. The molecule has 0 radical (unpaired) electrons. The average Bonchev–Trinajstić information content (AvgIpc) is 2.94. The quantitative estimate of drug-likeness (QED) is 0.587. The average molecular weight is 270 g/mol. The lowest BCUT2D eigenvalue weighted by Crippen LogP contribution is -2.16. The highest BCUT2D eigenvalue weighted by Gasteiger charge is 2.20. The van der Waals surface area contributed by atoms with Crippen LogP contribution in [-0.2, 0) is 16.0 Å². The van der Waals surface area contributed by atoms with Gasteiger partial charge in [-0.05, 0) is 26.7 Å². The molecule has 2 heterocycles. The van der Waals surface area contributed by atoms with Crippen molar-refractivity contribution in [2.24, 2.45) is 0 Å². The minimum atomic E-state index is 0.360. The summed E-state index contributed by atoms with van der Waals surface area (Å²) in [5.74, 6) is 0.942. The SMILES string of the molecule is COCCSc1nc(C)c(C)n1CC1CCCO1. The van der Waals surface area contributed by atoms with Gasteiger partial charge < -0.3 is 14.0 Å². The molecule has 1 atom stereocenters. The highest BCUT2D eigenvalue weighted by Crippen LogP contribution is 2.24. The van der Waals surface area contributed by atoms with Crippen molar-refractivity contribution in [3.8, 4) is 0 Å². The first-order chi connectivity index (χ1) is 8.72. The van der Waals surface area contributed by atoms with Crippen LogP contribution < -0.4 is 0 Å². The van der Waals surface area contributed by atoms with E-state index in [0.717, 1.165) is 36.4 Å². The van der Waals surface area contributed by atoms with E-state index in [1.807, 2.05) is 0 Å². The molecule has 1 aromatic heterocycles. The molecule has 0 spiro atoms. The highest BCUT2D eigenvalue weighted by atomic mass is 32.2. The fraction of sp³-hybridized carbons (Fsp3) is 0.769. The summed E-state index contributed by atoms with van der Waals surface area (Å²) >= 11 is 1.76. The Morgan fingerprint density at radius 3 is 3.00 bits per heavy atom. The Morgan fingerprint density at radius 2 is 2.33 bits per heavy atom. The van der Waals surface area contributed by atoms with Crippen molar-refractivity contribution < 1.29 is 9.47 Å². The second kappa shape index (κ2) is 6.59. The molecule has 2 rings (SSSR count). The molecule has 18 heavy (non-hydrogen) atoms. The number of hydrogen-bond donors (Lipinski definition) is 0. The van der Waals surface area contributed by atoms with Gasteiger partial charge in [-0.25, -0.2) is 4.98 Å². The monoisotopic (exact) mass is 270 g/mol. The molecular weight excluding hydrogens is 248 g/mol. The van der Waals surface area contributed by atoms with Crippen LogP contribution in [0.3, 0.4) is 0 Å². The molecule has 1 aliphatic heterocycles. The second-order valence-corrected chi connectivity index (χ2v) is 5.71. The second-order valence-electron chi connectivity index (χ2n) is 4.65. The van der Waals surface area contributed by atoms with Crippen molar-refractivity contribution in [1.82, 2.24) is 9.55 Å². The molecule has 1 aromatic rings. The summed E-state index contributed by atoms with van der Waals surface area (Å²) < 4.78 is 13.1. The standard InChI is InChI=1S/C13H22N2O2S/c1-10-11(2)15(9-12-5-4-6-17-12)13(14-10)18-8-7-16-3/h12H,4-9H2,1-3H3. The summed E-state index contributed by atoms with van der Waals surface area (Å²) in [6.45, 7) is 6.81. The minimum absolute atomic E-state index is 0.360. The van der Waals surface area contributed by atoms with Gasteiger partial charge in [0.15, 0.2) is 5.16 Å². The van der Waals surface area contributed by atoms with Gasteiger partial charge in [-0.2, -0.15) is 0 Å². The van der Waals surface area contributed by atoms with E-state index >= 15 is 0 Å². The van der Waals surface area contributed by atoms with E-state index in [-0.39, 0.29) is 0 Å². The lowest BCUT2D eigenvalue weighted by molar-refractivity contribution is 0.0944. The van der Waals surface area contributed by atoms with Crippen LogP contribution in [-0.4, -0.2) is 41.7 Å². The number of aryl methyl sites for hydroxylation is 1. The van der Waals surface area contributed by atoms with Crippen molar-refractivity contribution in [1.29, 1.82) is 0 Å². The van der Waals surface area contributed by atoms with Gasteiger partial charge in [0.2, 0.25) is 0 Å². The van der Waals surface area contributed by atoms with Gasteiger partial charge in [-0.3, -0.25) is 0 Å². The van der Waals surface area contributed by atoms with Crippen LogP contribution in [0.5, 0.6) is 0 Å². The molecule has 0 aromatic carbocycles. The third kappa shape index (κ3) is 3.28. The van der Waals surface area contributed by atoms with Gasteiger partial charge in [0.05, 0.1) is 24.9 Å². The Morgan fingerprint density at radius 1 is 1.50 bits per heavy atom. The number of methoxy groups -OCH3 is 1. The van der Waals surface area contributed by atoms with Gasteiger partial charge in [0, 0.05) is 25.2 Å². The van der Waals surface area contributed by atoms with E-state index in [1.54, 1.807) is 18.9 Å². The summed E-state index contributed by atoms with van der Waals surface area (Å²) in [5.41, 5.74) is 2.37. The maximum Gasteiger partial charge on any atom is 0.168 e. The fourth-order valence-corrected chi connectivity index (χ4v) is 3.16. The van der Waals surface area contributed by atoms with E-state index in [2.05, 4.69) is 23.4 Å². The van der Waals surface area contributed by atoms with E-state index < -0.39 is 0 Å². The van der Waals surface area contributed by atoms with E-state index in [1.165, 1.54) is 18.5 Å². The molecule has 4 nitrogen and oxygen atoms in total. The van der Waals surface area contributed by atoms with E-state index in [0.29, 0.717) is 6.10 Å².